The number of para-hydroxylation sites is 1. The normalized spacial score (nSPS) is 19.7. The number of fused-ring (bicyclic) bond motifs is 1. The molecule has 1 aromatic carbocycles. The van der Waals surface area contributed by atoms with E-state index in [1.165, 1.54) is 16.8 Å². The average Bonchev–Trinajstić information content (AvgIpc) is 2.67. The standard InChI is InChI=1S/C15H21NO2/c1-4-16-9-11(3)13-7-5-6-12(14(13)16)8-10(2)15(17)18/h5-7,10-11H,4,8-9H2,1-3H3,(H,17,18). The second-order valence-electron chi connectivity index (χ2n) is 5.24. The van der Waals surface area contributed by atoms with Gasteiger partial charge >= 0.3 is 5.97 Å². The molecule has 1 heterocycles. The van der Waals surface area contributed by atoms with Gasteiger partial charge in [-0.2, -0.15) is 0 Å². The fraction of sp³-hybridized carbons (Fsp3) is 0.533. The Hall–Kier alpha value is -1.51. The molecule has 98 valence electrons. The molecule has 0 radical (unpaired) electrons. The highest BCUT2D eigenvalue weighted by atomic mass is 16.4. The Kier molecular flexibility index (Phi) is 3.60. The molecule has 0 saturated heterocycles. The topological polar surface area (TPSA) is 40.5 Å². The van der Waals surface area contributed by atoms with Gasteiger partial charge < -0.3 is 10.0 Å². The molecule has 1 aliphatic heterocycles. The third-order valence-electron chi connectivity index (χ3n) is 3.82. The molecule has 2 rings (SSSR count). The molecule has 0 spiro atoms. The van der Waals surface area contributed by atoms with Crippen LogP contribution in [0.25, 0.3) is 0 Å². The molecule has 18 heavy (non-hydrogen) atoms. The van der Waals surface area contributed by atoms with Gasteiger partial charge in [0.2, 0.25) is 0 Å². The van der Waals surface area contributed by atoms with Gasteiger partial charge in [0.25, 0.3) is 0 Å². The number of hydrogen-bond acceptors (Lipinski definition) is 2. The molecule has 2 atom stereocenters. The van der Waals surface area contributed by atoms with Gasteiger partial charge in [0.15, 0.2) is 0 Å². The molecule has 0 bridgehead atoms. The maximum Gasteiger partial charge on any atom is 0.306 e. The van der Waals surface area contributed by atoms with Crippen molar-refractivity contribution >= 4 is 11.7 Å². The Morgan fingerprint density at radius 1 is 1.56 bits per heavy atom. The lowest BCUT2D eigenvalue weighted by Crippen LogP contribution is -2.22. The van der Waals surface area contributed by atoms with Crippen molar-refractivity contribution in [2.75, 3.05) is 18.0 Å². The maximum absolute atomic E-state index is 11.0. The van der Waals surface area contributed by atoms with Crippen LogP contribution >= 0.6 is 0 Å². The molecule has 1 aromatic rings. The largest absolute Gasteiger partial charge is 0.481 e. The minimum absolute atomic E-state index is 0.328. The Balaban J connectivity index is 2.35. The summed E-state index contributed by atoms with van der Waals surface area (Å²) in [4.78, 5) is 13.4. The van der Waals surface area contributed by atoms with Gasteiger partial charge in [0, 0.05) is 24.7 Å². The second kappa shape index (κ2) is 5.01. The summed E-state index contributed by atoms with van der Waals surface area (Å²) in [6.45, 7) is 8.19. The number of likely N-dealkylation sites (N-methyl/N-ethyl adjacent to an activating group) is 1. The molecular formula is C15H21NO2. The summed E-state index contributed by atoms with van der Waals surface area (Å²) in [5.74, 6) is -0.507. The fourth-order valence-corrected chi connectivity index (χ4v) is 2.78. The van der Waals surface area contributed by atoms with Gasteiger partial charge in [-0.3, -0.25) is 4.79 Å². The molecule has 0 fully saturated rings. The van der Waals surface area contributed by atoms with Crippen molar-refractivity contribution in [2.45, 2.75) is 33.1 Å². The monoisotopic (exact) mass is 247 g/mol. The summed E-state index contributed by atoms with van der Waals surface area (Å²) in [6.07, 6.45) is 0.613. The van der Waals surface area contributed by atoms with Crippen LogP contribution in [0.4, 0.5) is 5.69 Å². The number of carboxylic acids is 1. The molecule has 1 N–H and O–H groups in total. The number of carboxylic acid groups (broad SMARTS) is 1. The zero-order valence-electron chi connectivity index (χ0n) is 11.3. The first-order valence-electron chi connectivity index (χ1n) is 6.64. The molecule has 0 amide bonds. The van der Waals surface area contributed by atoms with Crippen LogP contribution in [-0.4, -0.2) is 24.2 Å². The van der Waals surface area contributed by atoms with Crippen LogP contribution < -0.4 is 4.90 Å². The van der Waals surface area contributed by atoms with E-state index in [1.54, 1.807) is 6.92 Å². The van der Waals surface area contributed by atoms with Crippen LogP contribution in [0.5, 0.6) is 0 Å². The third-order valence-corrected chi connectivity index (χ3v) is 3.82. The van der Waals surface area contributed by atoms with Crippen LogP contribution in [0.3, 0.4) is 0 Å². The number of carbonyl (C=O) groups is 1. The molecule has 2 unspecified atom stereocenters. The zero-order chi connectivity index (χ0) is 13.3. The highest BCUT2D eigenvalue weighted by Gasteiger charge is 2.27. The van der Waals surface area contributed by atoms with E-state index in [0.29, 0.717) is 12.3 Å². The Morgan fingerprint density at radius 3 is 2.89 bits per heavy atom. The van der Waals surface area contributed by atoms with Crippen molar-refractivity contribution in [3.63, 3.8) is 0 Å². The van der Waals surface area contributed by atoms with Crippen molar-refractivity contribution in [1.82, 2.24) is 0 Å². The Morgan fingerprint density at radius 2 is 2.28 bits per heavy atom. The predicted octanol–water partition coefficient (Wildman–Crippen LogP) is 2.89. The van der Waals surface area contributed by atoms with E-state index in [4.69, 9.17) is 5.11 Å². The van der Waals surface area contributed by atoms with Crippen molar-refractivity contribution in [1.29, 1.82) is 0 Å². The van der Waals surface area contributed by atoms with Crippen LogP contribution in [0.1, 0.15) is 37.8 Å². The molecule has 3 heteroatoms. The van der Waals surface area contributed by atoms with E-state index >= 15 is 0 Å². The Bertz CT molecular complexity index is 456. The number of aliphatic carboxylic acids is 1. The summed E-state index contributed by atoms with van der Waals surface area (Å²) in [7, 11) is 0. The minimum Gasteiger partial charge on any atom is -0.481 e. The van der Waals surface area contributed by atoms with Crippen LogP contribution in [0.2, 0.25) is 0 Å². The average molecular weight is 247 g/mol. The van der Waals surface area contributed by atoms with Gasteiger partial charge in [-0.25, -0.2) is 0 Å². The number of benzene rings is 1. The summed E-state index contributed by atoms with van der Waals surface area (Å²) in [5.41, 5.74) is 3.82. The summed E-state index contributed by atoms with van der Waals surface area (Å²) < 4.78 is 0. The quantitative estimate of drug-likeness (QED) is 0.889. The predicted molar refractivity (Wildman–Crippen MR) is 73.2 cm³/mol. The van der Waals surface area contributed by atoms with E-state index in [-0.39, 0.29) is 5.92 Å². The lowest BCUT2D eigenvalue weighted by Gasteiger charge is -2.21. The minimum atomic E-state index is -0.721. The van der Waals surface area contributed by atoms with Crippen LogP contribution in [-0.2, 0) is 11.2 Å². The maximum atomic E-state index is 11.0. The zero-order valence-corrected chi connectivity index (χ0v) is 11.3. The van der Waals surface area contributed by atoms with Gasteiger partial charge in [0.05, 0.1) is 5.92 Å². The summed E-state index contributed by atoms with van der Waals surface area (Å²) >= 11 is 0. The summed E-state index contributed by atoms with van der Waals surface area (Å²) in [5, 5.41) is 9.05. The van der Waals surface area contributed by atoms with Gasteiger partial charge in [-0.05, 0) is 24.5 Å². The van der Waals surface area contributed by atoms with E-state index < -0.39 is 5.97 Å². The lowest BCUT2D eigenvalue weighted by molar-refractivity contribution is -0.141. The lowest BCUT2D eigenvalue weighted by atomic mass is 9.95. The van der Waals surface area contributed by atoms with Crippen molar-refractivity contribution < 1.29 is 9.90 Å². The van der Waals surface area contributed by atoms with Crippen molar-refractivity contribution in [3.8, 4) is 0 Å². The fourth-order valence-electron chi connectivity index (χ4n) is 2.78. The Labute approximate surface area is 108 Å². The first kappa shape index (κ1) is 12.9. The van der Waals surface area contributed by atoms with Gasteiger partial charge in [0.1, 0.15) is 0 Å². The van der Waals surface area contributed by atoms with E-state index in [1.807, 2.05) is 0 Å². The highest BCUT2D eigenvalue weighted by molar-refractivity contribution is 5.72. The van der Waals surface area contributed by atoms with E-state index in [0.717, 1.165) is 13.1 Å². The first-order valence-corrected chi connectivity index (χ1v) is 6.64. The number of nitrogens with zero attached hydrogens (tertiary/aromatic N) is 1. The van der Waals surface area contributed by atoms with E-state index in [2.05, 4.69) is 36.9 Å². The molecule has 1 aliphatic rings. The van der Waals surface area contributed by atoms with E-state index in [9.17, 15) is 4.79 Å². The highest BCUT2D eigenvalue weighted by Crippen LogP contribution is 2.39. The van der Waals surface area contributed by atoms with Crippen molar-refractivity contribution in [3.05, 3.63) is 29.3 Å². The van der Waals surface area contributed by atoms with Crippen molar-refractivity contribution in [2.24, 2.45) is 5.92 Å². The molecule has 3 nitrogen and oxygen atoms in total. The molecule has 0 aliphatic carbocycles. The second-order valence-corrected chi connectivity index (χ2v) is 5.24. The third kappa shape index (κ3) is 2.22. The smallest absolute Gasteiger partial charge is 0.306 e. The summed E-state index contributed by atoms with van der Waals surface area (Å²) in [6, 6.07) is 6.29. The molecule has 0 aromatic heterocycles. The van der Waals surface area contributed by atoms with Crippen LogP contribution in [0, 0.1) is 5.92 Å². The van der Waals surface area contributed by atoms with Gasteiger partial charge in [-0.1, -0.05) is 32.0 Å². The van der Waals surface area contributed by atoms with Gasteiger partial charge in [-0.15, -0.1) is 0 Å². The number of rotatable bonds is 4. The number of hydrogen-bond donors (Lipinski definition) is 1. The van der Waals surface area contributed by atoms with Crippen LogP contribution in [0.15, 0.2) is 18.2 Å². The molecule has 0 saturated carbocycles. The SMILES string of the molecule is CCN1CC(C)c2cccc(CC(C)C(=O)O)c21. The first-order chi connectivity index (χ1) is 8.54. The number of anilines is 1. The molecular weight excluding hydrogens is 226 g/mol.